The highest BCUT2D eigenvalue weighted by atomic mass is 32.2. The number of rotatable bonds is 2. The third kappa shape index (κ3) is 2.96. The summed E-state index contributed by atoms with van der Waals surface area (Å²) in [5, 5.41) is 4.49. The Balaban J connectivity index is 1.63. The first-order valence-electron chi connectivity index (χ1n) is 8.31. The van der Waals surface area contributed by atoms with Crippen LogP contribution >= 0.6 is 11.8 Å². The van der Waals surface area contributed by atoms with Gasteiger partial charge in [-0.15, -0.1) is 11.8 Å². The second-order valence-electron chi connectivity index (χ2n) is 6.16. The number of carbonyl (C=O) groups is 1. The van der Waals surface area contributed by atoms with Crippen LogP contribution in [0.1, 0.15) is 21.7 Å². The van der Waals surface area contributed by atoms with E-state index in [-0.39, 0.29) is 5.91 Å². The molecule has 5 heteroatoms. The Hall–Kier alpha value is -2.53. The van der Waals surface area contributed by atoms with Gasteiger partial charge in [0.2, 0.25) is 0 Å². The summed E-state index contributed by atoms with van der Waals surface area (Å²) < 4.78 is 1.90. The Morgan fingerprint density at radius 3 is 2.56 bits per heavy atom. The van der Waals surface area contributed by atoms with E-state index in [1.54, 1.807) is 11.8 Å². The fraction of sp³-hybridized carbons (Fsp3) is 0.200. The molecule has 0 aliphatic carbocycles. The number of amides is 1. The van der Waals surface area contributed by atoms with Gasteiger partial charge in [0.1, 0.15) is 0 Å². The summed E-state index contributed by atoms with van der Waals surface area (Å²) in [5.41, 5.74) is 4.74. The molecular formula is C20H19N3OS. The molecule has 1 aliphatic heterocycles. The van der Waals surface area contributed by atoms with Gasteiger partial charge >= 0.3 is 0 Å². The topological polar surface area (TPSA) is 38.1 Å². The molecule has 2 aromatic carbocycles. The Labute approximate surface area is 151 Å². The first kappa shape index (κ1) is 16.0. The van der Waals surface area contributed by atoms with Crippen LogP contribution in [0.5, 0.6) is 0 Å². The fourth-order valence-corrected chi connectivity index (χ4v) is 4.17. The predicted octanol–water partition coefficient (Wildman–Crippen LogP) is 4.24. The summed E-state index contributed by atoms with van der Waals surface area (Å²) in [4.78, 5) is 16.0. The molecule has 0 N–H and O–H groups in total. The molecule has 1 aromatic heterocycles. The van der Waals surface area contributed by atoms with Crippen molar-refractivity contribution in [2.75, 3.05) is 17.2 Å². The zero-order valence-electron chi connectivity index (χ0n) is 14.3. The van der Waals surface area contributed by atoms with E-state index >= 15 is 0 Å². The van der Waals surface area contributed by atoms with E-state index in [4.69, 9.17) is 0 Å². The molecule has 1 amide bonds. The number of anilines is 1. The lowest BCUT2D eigenvalue weighted by atomic mass is 10.1. The molecule has 4 nitrogen and oxygen atoms in total. The zero-order valence-corrected chi connectivity index (χ0v) is 15.1. The molecule has 3 aromatic rings. The van der Waals surface area contributed by atoms with Gasteiger partial charge in [-0.1, -0.05) is 12.1 Å². The van der Waals surface area contributed by atoms with Crippen molar-refractivity contribution in [2.24, 2.45) is 0 Å². The lowest BCUT2D eigenvalue weighted by molar-refractivity contribution is 0.0987. The summed E-state index contributed by atoms with van der Waals surface area (Å²) in [6, 6.07) is 17.8. The lowest BCUT2D eigenvalue weighted by Gasteiger charge is -2.29. The highest BCUT2D eigenvalue weighted by molar-refractivity contribution is 7.99. The van der Waals surface area contributed by atoms with E-state index < -0.39 is 0 Å². The summed E-state index contributed by atoms with van der Waals surface area (Å²) >= 11 is 1.80. The van der Waals surface area contributed by atoms with E-state index in [2.05, 4.69) is 11.2 Å². The SMILES string of the molecule is Cc1cc(C)n(-c2ccc(C(=O)N3CCSc4ccccc43)cc2)n1. The Morgan fingerprint density at radius 1 is 1.08 bits per heavy atom. The second-order valence-corrected chi connectivity index (χ2v) is 7.30. The molecule has 0 radical (unpaired) electrons. The van der Waals surface area contributed by atoms with Gasteiger partial charge in [-0.2, -0.15) is 5.10 Å². The number of carbonyl (C=O) groups excluding carboxylic acids is 1. The van der Waals surface area contributed by atoms with Gasteiger partial charge in [0.25, 0.3) is 5.91 Å². The number of fused-ring (bicyclic) bond motifs is 1. The Morgan fingerprint density at radius 2 is 1.84 bits per heavy atom. The summed E-state index contributed by atoms with van der Waals surface area (Å²) in [6.45, 7) is 4.74. The molecule has 2 heterocycles. The number of hydrogen-bond donors (Lipinski definition) is 0. The number of benzene rings is 2. The molecule has 0 unspecified atom stereocenters. The third-order valence-electron chi connectivity index (χ3n) is 4.34. The van der Waals surface area contributed by atoms with Crippen molar-refractivity contribution in [1.82, 2.24) is 9.78 Å². The smallest absolute Gasteiger partial charge is 0.258 e. The molecule has 0 saturated heterocycles. The molecule has 25 heavy (non-hydrogen) atoms. The van der Waals surface area contributed by atoms with Crippen molar-refractivity contribution in [3.05, 3.63) is 71.5 Å². The summed E-state index contributed by atoms with van der Waals surface area (Å²) in [5.74, 6) is 0.972. The van der Waals surface area contributed by atoms with Gasteiger partial charge < -0.3 is 4.90 Å². The van der Waals surface area contributed by atoms with Crippen LogP contribution in [0, 0.1) is 13.8 Å². The maximum absolute atomic E-state index is 13.0. The van der Waals surface area contributed by atoms with E-state index in [0.29, 0.717) is 5.56 Å². The molecular weight excluding hydrogens is 330 g/mol. The van der Waals surface area contributed by atoms with Crippen molar-refractivity contribution < 1.29 is 4.79 Å². The van der Waals surface area contributed by atoms with E-state index in [1.807, 2.05) is 72.0 Å². The molecule has 0 bridgehead atoms. The number of para-hydroxylation sites is 1. The summed E-state index contributed by atoms with van der Waals surface area (Å²) in [7, 11) is 0. The number of thioether (sulfide) groups is 1. The number of aryl methyl sites for hydroxylation is 2. The molecule has 126 valence electrons. The minimum absolute atomic E-state index is 0.0488. The van der Waals surface area contributed by atoms with E-state index in [1.165, 1.54) is 4.90 Å². The van der Waals surface area contributed by atoms with Gasteiger partial charge in [-0.25, -0.2) is 4.68 Å². The normalized spacial score (nSPS) is 13.6. The van der Waals surface area contributed by atoms with Crippen LogP contribution in [-0.4, -0.2) is 28.0 Å². The molecule has 4 rings (SSSR count). The van der Waals surface area contributed by atoms with Crippen LogP contribution in [-0.2, 0) is 0 Å². The van der Waals surface area contributed by atoms with E-state index in [9.17, 15) is 4.79 Å². The number of hydrogen-bond acceptors (Lipinski definition) is 3. The molecule has 0 saturated carbocycles. The van der Waals surface area contributed by atoms with Crippen LogP contribution in [0.4, 0.5) is 5.69 Å². The van der Waals surface area contributed by atoms with Crippen molar-refractivity contribution in [1.29, 1.82) is 0 Å². The minimum Gasteiger partial charge on any atom is -0.306 e. The van der Waals surface area contributed by atoms with Gasteiger partial charge in [-0.3, -0.25) is 4.79 Å². The average molecular weight is 349 g/mol. The lowest BCUT2D eigenvalue weighted by Crippen LogP contribution is -2.35. The quantitative estimate of drug-likeness (QED) is 0.694. The highest BCUT2D eigenvalue weighted by Crippen LogP contribution is 2.35. The zero-order chi connectivity index (χ0) is 17.4. The van der Waals surface area contributed by atoms with Gasteiger partial charge in [0, 0.05) is 28.5 Å². The van der Waals surface area contributed by atoms with Crippen LogP contribution in [0.15, 0.2) is 59.5 Å². The van der Waals surface area contributed by atoms with Crippen LogP contribution in [0.25, 0.3) is 5.69 Å². The van der Waals surface area contributed by atoms with Crippen LogP contribution in [0.3, 0.4) is 0 Å². The molecule has 0 fully saturated rings. The first-order valence-corrected chi connectivity index (χ1v) is 9.29. The largest absolute Gasteiger partial charge is 0.306 e. The third-order valence-corrected chi connectivity index (χ3v) is 5.39. The van der Waals surface area contributed by atoms with Crippen molar-refractivity contribution in [3.8, 4) is 5.69 Å². The van der Waals surface area contributed by atoms with Crippen molar-refractivity contribution in [3.63, 3.8) is 0 Å². The number of aromatic nitrogens is 2. The average Bonchev–Trinajstić information content (AvgIpc) is 2.99. The Kier molecular flexibility index (Phi) is 4.09. The van der Waals surface area contributed by atoms with Crippen molar-refractivity contribution >= 4 is 23.4 Å². The maximum Gasteiger partial charge on any atom is 0.258 e. The van der Waals surface area contributed by atoms with Crippen molar-refractivity contribution in [2.45, 2.75) is 18.7 Å². The number of nitrogens with zero attached hydrogens (tertiary/aromatic N) is 3. The maximum atomic E-state index is 13.0. The van der Waals surface area contributed by atoms with Gasteiger partial charge in [-0.05, 0) is 56.3 Å². The Bertz CT molecular complexity index is 930. The summed E-state index contributed by atoms with van der Waals surface area (Å²) in [6.07, 6.45) is 0. The molecule has 0 spiro atoms. The highest BCUT2D eigenvalue weighted by Gasteiger charge is 2.23. The molecule has 0 atom stereocenters. The fourth-order valence-electron chi connectivity index (χ4n) is 3.17. The monoisotopic (exact) mass is 349 g/mol. The standard InChI is InChI=1S/C20H19N3OS/c1-14-13-15(2)23(21-14)17-9-7-16(8-10-17)20(24)22-11-12-25-19-6-4-3-5-18(19)22/h3-10,13H,11-12H2,1-2H3. The van der Waals surface area contributed by atoms with E-state index in [0.717, 1.165) is 35.1 Å². The predicted molar refractivity (Wildman–Crippen MR) is 102 cm³/mol. The van der Waals surface area contributed by atoms with Crippen LogP contribution < -0.4 is 4.90 Å². The van der Waals surface area contributed by atoms with Crippen LogP contribution in [0.2, 0.25) is 0 Å². The first-order chi connectivity index (χ1) is 12.1. The van der Waals surface area contributed by atoms with Gasteiger partial charge in [0.05, 0.1) is 17.1 Å². The molecule has 1 aliphatic rings. The van der Waals surface area contributed by atoms with Gasteiger partial charge in [0.15, 0.2) is 0 Å². The minimum atomic E-state index is 0.0488. The second kappa shape index (κ2) is 6.41.